The number of anilines is 1. The Morgan fingerprint density at radius 2 is 1.94 bits per heavy atom. The molecule has 0 aliphatic carbocycles. The number of ether oxygens (including phenoxy) is 1. The monoisotopic (exact) mass is 504 g/mol. The molecule has 0 saturated carbocycles. The van der Waals surface area contributed by atoms with Gasteiger partial charge >= 0.3 is 0 Å². The SMILES string of the molecule is CN1C(=O)[C@H](N2Cc3c(nn(Cc4ccccc4)c3Cl)C2=O)COc2cc(C#CC(C)(C)O)ccc21. The standard InChI is InChI=1S/C27H25ClN4O4/c1-27(2,35)12-11-17-9-10-20-22(13-17)36-16-21(25(33)30(20)3)31-15-19-23(26(31)34)29-32(24(19)28)14-18-7-5-4-6-8-18/h4-10,13,21,35H,14-16H2,1-3H3/t21-/m1/s1. The molecule has 8 nitrogen and oxygen atoms in total. The molecule has 2 aliphatic heterocycles. The molecule has 0 radical (unpaired) electrons. The number of fused-ring (bicyclic) bond motifs is 2. The summed E-state index contributed by atoms with van der Waals surface area (Å²) in [5, 5.41) is 14.7. The topological polar surface area (TPSA) is 87.9 Å². The highest BCUT2D eigenvalue weighted by molar-refractivity contribution is 6.31. The summed E-state index contributed by atoms with van der Waals surface area (Å²) in [6.07, 6.45) is 0. The fourth-order valence-corrected chi connectivity index (χ4v) is 4.54. The van der Waals surface area contributed by atoms with Crippen LogP contribution in [0.25, 0.3) is 0 Å². The van der Waals surface area contributed by atoms with E-state index < -0.39 is 11.6 Å². The van der Waals surface area contributed by atoms with Crippen LogP contribution in [0, 0.1) is 11.8 Å². The average Bonchev–Trinajstić information content (AvgIpc) is 3.29. The molecule has 0 bridgehead atoms. The third kappa shape index (κ3) is 4.43. The van der Waals surface area contributed by atoms with Gasteiger partial charge < -0.3 is 19.6 Å². The van der Waals surface area contributed by atoms with E-state index in [2.05, 4.69) is 16.9 Å². The quantitative estimate of drug-likeness (QED) is 0.554. The van der Waals surface area contributed by atoms with Crippen LogP contribution in [-0.2, 0) is 17.9 Å². The van der Waals surface area contributed by atoms with Crippen molar-refractivity contribution < 1.29 is 19.4 Å². The molecule has 1 N–H and O–H groups in total. The molecule has 1 aromatic heterocycles. The number of nitrogens with zero attached hydrogens (tertiary/aromatic N) is 4. The molecule has 0 fully saturated rings. The lowest BCUT2D eigenvalue weighted by Crippen LogP contribution is -2.49. The highest BCUT2D eigenvalue weighted by Gasteiger charge is 2.43. The van der Waals surface area contributed by atoms with E-state index in [1.807, 2.05) is 30.3 Å². The molecule has 3 heterocycles. The lowest BCUT2D eigenvalue weighted by Gasteiger charge is -2.27. The summed E-state index contributed by atoms with van der Waals surface area (Å²) in [5.41, 5.74) is 1.98. The summed E-state index contributed by atoms with van der Waals surface area (Å²) in [7, 11) is 1.65. The zero-order valence-electron chi connectivity index (χ0n) is 20.2. The zero-order valence-corrected chi connectivity index (χ0v) is 20.9. The second-order valence-corrected chi connectivity index (χ2v) is 9.77. The van der Waals surface area contributed by atoms with E-state index in [-0.39, 0.29) is 30.7 Å². The largest absolute Gasteiger partial charge is 0.489 e. The van der Waals surface area contributed by atoms with Gasteiger partial charge in [0, 0.05) is 18.2 Å². The van der Waals surface area contributed by atoms with Gasteiger partial charge in [-0.3, -0.25) is 9.59 Å². The molecule has 2 aromatic carbocycles. The molecule has 2 aliphatic rings. The smallest absolute Gasteiger partial charge is 0.275 e. The maximum absolute atomic E-state index is 13.4. The summed E-state index contributed by atoms with van der Waals surface area (Å²) in [4.78, 5) is 29.6. The van der Waals surface area contributed by atoms with E-state index in [1.54, 1.807) is 43.8 Å². The minimum atomic E-state index is -1.13. The van der Waals surface area contributed by atoms with Crippen LogP contribution in [0.5, 0.6) is 5.75 Å². The fraction of sp³-hybridized carbons (Fsp3) is 0.296. The number of carbonyl (C=O) groups is 2. The molecule has 2 amide bonds. The van der Waals surface area contributed by atoms with Gasteiger partial charge in [0.15, 0.2) is 5.69 Å². The van der Waals surface area contributed by atoms with Crippen LogP contribution in [0.4, 0.5) is 5.69 Å². The molecule has 0 unspecified atom stereocenters. The predicted molar refractivity (Wildman–Crippen MR) is 135 cm³/mol. The molecule has 0 saturated heterocycles. The Morgan fingerprint density at radius 1 is 1.19 bits per heavy atom. The predicted octanol–water partition coefficient (Wildman–Crippen LogP) is 3.09. The van der Waals surface area contributed by atoms with Crippen molar-refractivity contribution in [2.24, 2.45) is 0 Å². The zero-order chi connectivity index (χ0) is 25.6. The van der Waals surface area contributed by atoms with Crippen molar-refractivity contribution >= 4 is 29.1 Å². The molecule has 184 valence electrons. The van der Waals surface area contributed by atoms with Crippen molar-refractivity contribution in [2.75, 3.05) is 18.6 Å². The van der Waals surface area contributed by atoms with Gasteiger partial charge in [-0.15, -0.1) is 0 Å². The van der Waals surface area contributed by atoms with Crippen molar-refractivity contribution in [1.82, 2.24) is 14.7 Å². The Bertz CT molecular complexity index is 1420. The van der Waals surface area contributed by atoms with E-state index in [1.165, 1.54) is 9.80 Å². The summed E-state index contributed by atoms with van der Waals surface area (Å²) < 4.78 is 7.61. The van der Waals surface area contributed by atoms with Crippen molar-refractivity contribution in [2.45, 2.75) is 38.6 Å². The summed E-state index contributed by atoms with van der Waals surface area (Å²) in [6.45, 7) is 3.81. The van der Waals surface area contributed by atoms with Crippen molar-refractivity contribution in [3.63, 3.8) is 0 Å². The Morgan fingerprint density at radius 3 is 2.64 bits per heavy atom. The van der Waals surface area contributed by atoms with Gasteiger partial charge in [-0.1, -0.05) is 53.8 Å². The number of likely N-dealkylation sites (N-methyl/N-ethyl adjacent to an activating group) is 1. The number of aromatic nitrogens is 2. The Labute approximate surface area is 214 Å². The highest BCUT2D eigenvalue weighted by atomic mass is 35.5. The van der Waals surface area contributed by atoms with E-state index in [4.69, 9.17) is 16.3 Å². The first kappa shape index (κ1) is 23.9. The maximum atomic E-state index is 13.4. The minimum absolute atomic E-state index is 0.0177. The van der Waals surface area contributed by atoms with Crippen molar-refractivity contribution in [3.8, 4) is 17.6 Å². The van der Waals surface area contributed by atoms with E-state index in [0.29, 0.717) is 34.3 Å². The maximum Gasteiger partial charge on any atom is 0.275 e. The molecule has 5 rings (SSSR count). The first-order valence-corrected chi connectivity index (χ1v) is 11.9. The van der Waals surface area contributed by atoms with Gasteiger partial charge in [-0.25, -0.2) is 4.68 Å². The van der Waals surface area contributed by atoms with Crippen LogP contribution in [0.15, 0.2) is 48.5 Å². The number of halogens is 1. The van der Waals surface area contributed by atoms with Gasteiger partial charge in [0.25, 0.3) is 11.8 Å². The molecular weight excluding hydrogens is 480 g/mol. The van der Waals surface area contributed by atoms with E-state index >= 15 is 0 Å². The molecule has 36 heavy (non-hydrogen) atoms. The van der Waals surface area contributed by atoms with Gasteiger partial charge in [-0.05, 0) is 37.6 Å². The van der Waals surface area contributed by atoms with Crippen LogP contribution < -0.4 is 9.64 Å². The fourth-order valence-electron chi connectivity index (χ4n) is 4.30. The van der Waals surface area contributed by atoms with Gasteiger partial charge in [0.2, 0.25) is 0 Å². The van der Waals surface area contributed by atoms with Gasteiger partial charge in [0.1, 0.15) is 29.2 Å². The molecule has 1 atom stereocenters. The third-order valence-corrected chi connectivity index (χ3v) is 6.59. The molecule has 3 aromatic rings. The Kier molecular flexibility index (Phi) is 5.99. The second-order valence-electron chi connectivity index (χ2n) is 9.41. The number of hydrogen-bond donors (Lipinski definition) is 1. The first-order chi connectivity index (χ1) is 17.1. The number of amides is 2. The Balaban J connectivity index is 1.37. The van der Waals surface area contributed by atoms with Gasteiger partial charge in [-0.2, -0.15) is 5.10 Å². The summed E-state index contributed by atoms with van der Waals surface area (Å²) in [6, 6.07) is 14.1. The molecule has 0 spiro atoms. The lowest BCUT2D eigenvalue weighted by molar-refractivity contribution is -0.123. The normalized spacial score (nSPS) is 17.2. The van der Waals surface area contributed by atoms with Crippen LogP contribution in [0.3, 0.4) is 0 Å². The van der Waals surface area contributed by atoms with Crippen LogP contribution in [0.1, 0.15) is 41.0 Å². The molecular formula is C27H25ClN4O4. The second kappa shape index (κ2) is 9.01. The Hall–Kier alpha value is -3.80. The van der Waals surface area contributed by atoms with Crippen LogP contribution in [-0.4, -0.2) is 56.9 Å². The van der Waals surface area contributed by atoms with Gasteiger partial charge in [0.05, 0.1) is 18.8 Å². The number of hydrogen-bond acceptors (Lipinski definition) is 5. The lowest BCUT2D eigenvalue weighted by atomic mass is 10.1. The van der Waals surface area contributed by atoms with E-state index in [0.717, 1.165) is 5.56 Å². The number of aliphatic hydroxyl groups is 1. The third-order valence-electron chi connectivity index (χ3n) is 6.17. The van der Waals surface area contributed by atoms with Crippen molar-refractivity contribution in [3.05, 3.63) is 76.1 Å². The molecule has 9 heteroatoms. The number of benzene rings is 2. The summed E-state index contributed by atoms with van der Waals surface area (Å²) in [5.74, 6) is 5.55. The highest BCUT2D eigenvalue weighted by Crippen LogP contribution is 2.35. The van der Waals surface area contributed by atoms with Crippen LogP contribution in [0.2, 0.25) is 5.15 Å². The first-order valence-electron chi connectivity index (χ1n) is 11.5. The number of rotatable bonds is 3. The van der Waals surface area contributed by atoms with Crippen molar-refractivity contribution in [1.29, 1.82) is 0 Å². The van der Waals surface area contributed by atoms with E-state index in [9.17, 15) is 14.7 Å². The average molecular weight is 505 g/mol. The minimum Gasteiger partial charge on any atom is -0.489 e. The van der Waals surface area contributed by atoms with Crippen LogP contribution >= 0.6 is 11.6 Å². The summed E-state index contributed by atoms with van der Waals surface area (Å²) >= 11 is 6.60. The number of carbonyl (C=O) groups excluding carboxylic acids is 2.